The van der Waals surface area contributed by atoms with Crippen molar-refractivity contribution in [3.8, 4) is 0 Å². The van der Waals surface area contributed by atoms with Gasteiger partial charge in [0.15, 0.2) is 0 Å². The second kappa shape index (κ2) is 8.51. The molecule has 1 atom stereocenters. The summed E-state index contributed by atoms with van der Waals surface area (Å²) < 4.78 is 0. The van der Waals surface area contributed by atoms with Crippen LogP contribution in [0.3, 0.4) is 0 Å². The number of carbonyl (C=O) groups excluding carboxylic acids is 1. The molecule has 5 heteroatoms. The van der Waals surface area contributed by atoms with Crippen LogP contribution in [0.2, 0.25) is 0 Å². The zero-order valence-electron chi connectivity index (χ0n) is 6.04. The Morgan fingerprint density at radius 1 is 1.70 bits per heavy atom. The molecule has 3 nitrogen and oxygen atoms in total. The summed E-state index contributed by atoms with van der Waals surface area (Å²) in [6.45, 7) is 0. The summed E-state index contributed by atoms with van der Waals surface area (Å²) in [7, 11) is 0. The SMILES string of the molecule is NC(CCCS)C(=O)[O-].[K+]. The molecule has 0 fully saturated rings. The van der Waals surface area contributed by atoms with E-state index in [1.165, 1.54) is 0 Å². The van der Waals surface area contributed by atoms with E-state index in [0.717, 1.165) is 6.42 Å². The minimum atomic E-state index is -1.18. The number of carbonyl (C=O) groups is 1. The molecule has 0 aromatic carbocycles. The second-order valence-corrected chi connectivity index (χ2v) is 2.24. The van der Waals surface area contributed by atoms with Crippen LogP contribution in [0.15, 0.2) is 0 Å². The average Bonchev–Trinajstić information content (AvgIpc) is 1.82. The molecule has 0 bridgehead atoms. The summed E-state index contributed by atoms with van der Waals surface area (Å²) in [5.41, 5.74) is 5.11. The van der Waals surface area contributed by atoms with Crippen molar-refractivity contribution >= 4 is 18.6 Å². The van der Waals surface area contributed by atoms with Crippen molar-refractivity contribution in [1.82, 2.24) is 0 Å². The smallest absolute Gasteiger partial charge is 0.548 e. The second-order valence-electron chi connectivity index (χ2n) is 1.79. The Hall–Kier alpha value is 1.42. The molecule has 0 aliphatic carbocycles. The van der Waals surface area contributed by atoms with Crippen LogP contribution < -0.4 is 62.2 Å². The first-order valence-electron chi connectivity index (χ1n) is 2.75. The molecule has 0 aliphatic heterocycles. The van der Waals surface area contributed by atoms with E-state index in [1.54, 1.807) is 0 Å². The molecule has 0 heterocycles. The summed E-state index contributed by atoms with van der Waals surface area (Å²) in [6, 6.07) is -0.822. The number of carboxylic acids is 1. The van der Waals surface area contributed by atoms with Gasteiger partial charge in [0.25, 0.3) is 0 Å². The summed E-state index contributed by atoms with van der Waals surface area (Å²) in [4.78, 5) is 9.94. The Morgan fingerprint density at radius 3 is 2.50 bits per heavy atom. The van der Waals surface area contributed by atoms with Crippen LogP contribution in [-0.2, 0) is 4.79 Å². The number of nitrogens with two attached hydrogens (primary N) is 1. The standard InChI is InChI=1S/C5H11NO2S.K/c6-4(5(7)8)2-1-3-9;/h4,9H,1-3,6H2,(H,7,8);/q;+1/p-1. The fourth-order valence-electron chi connectivity index (χ4n) is 0.429. The number of thiol groups is 1. The predicted molar refractivity (Wildman–Crippen MR) is 36.1 cm³/mol. The van der Waals surface area contributed by atoms with Gasteiger partial charge in [0, 0.05) is 6.04 Å². The number of aliphatic carboxylic acids is 1. The monoisotopic (exact) mass is 187 g/mol. The van der Waals surface area contributed by atoms with E-state index in [9.17, 15) is 9.90 Å². The van der Waals surface area contributed by atoms with Crippen molar-refractivity contribution in [2.75, 3.05) is 5.75 Å². The van der Waals surface area contributed by atoms with Gasteiger partial charge in [-0.15, -0.1) is 0 Å². The largest absolute Gasteiger partial charge is 1.00 e. The van der Waals surface area contributed by atoms with Crippen molar-refractivity contribution in [2.45, 2.75) is 18.9 Å². The topological polar surface area (TPSA) is 66.2 Å². The van der Waals surface area contributed by atoms with E-state index in [0.29, 0.717) is 12.2 Å². The van der Waals surface area contributed by atoms with E-state index in [2.05, 4.69) is 12.6 Å². The molecule has 2 N–H and O–H groups in total. The van der Waals surface area contributed by atoms with Gasteiger partial charge in [-0.25, -0.2) is 0 Å². The number of hydrogen-bond donors (Lipinski definition) is 2. The number of hydrogen-bond acceptors (Lipinski definition) is 4. The van der Waals surface area contributed by atoms with E-state index in [1.807, 2.05) is 0 Å². The molecule has 0 aromatic heterocycles. The molecular weight excluding hydrogens is 177 g/mol. The van der Waals surface area contributed by atoms with Gasteiger partial charge in [-0.05, 0) is 18.6 Å². The third-order valence-corrected chi connectivity index (χ3v) is 1.29. The van der Waals surface area contributed by atoms with Gasteiger partial charge < -0.3 is 15.6 Å². The van der Waals surface area contributed by atoms with Gasteiger partial charge in [0.2, 0.25) is 0 Å². The summed E-state index contributed by atoms with van der Waals surface area (Å²) in [6.07, 6.45) is 1.17. The molecule has 10 heavy (non-hydrogen) atoms. The molecule has 1 unspecified atom stereocenters. The molecular formula is C5H10KNO2S. The zero-order valence-corrected chi connectivity index (χ0v) is 10.1. The predicted octanol–water partition coefficient (Wildman–Crippen LogP) is -4.22. The van der Waals surface area contributed by atoms with E-state index < -0.39 is 12.0 Å². The third-order valence-electron chi connectivity index (χ3n) is 0.976. The van der Waals surface area contributed by atoms with Crippen LogP contribution in [0.25, 0.3) is 0 Å². The van der Waals surface area contributed by atoms with Gasteiger partial charge in [-0.2, -0.15) is 12.6 Å². The molecule has 0 saturated carbocycles. The van der Waals surface area contributed by atoms with Crippen LogP contribution in [-0.4, -0.2) is 17.8 Å². The Balaban J connectivity index is 0. The minimum absolute atomic E-state index is 0. The van der Waals surface area contributed by atoms with E-state index in [4.69, 9.17) is 5.73 Å². The summed E-state index contributed by atoms with van der Waals surface area (Å²) >= 11 is 3.89. The Kier molecular flexibility index (Phi) is 11.9. The maximum absolute atomic E-state index is 9.94. The first kappa shape index (κ1) is 14.0. The fraction of sp³-hybridized carbons (Fsp3) is 0.800. The van der Waals surface area contributed by atoms with Crippen LogP contribution in [0.1, 0.15) is 12.8 Å². The van der Waals surface area contributed by atoms with Crippen LogP contribution in [0.5, 0.6) is 0 Å². The summed E-state index contributed by atoms with van der Waals surface area (Å²) in [5, 5.41) is 9.94. The Morgan fingerprint density at radius 2 is 2.20 bits per heavy atom. The quantitative estimate of drug-likeness (QED) is 0.346. The molecule has 0 rings (SSSR count). The molecule has 0 amide bonds. The van der Waals surface area contributed by atoms with Crippen LogP contribution in [0, 0.1) is 0 Å². The molecule has 0 aliphatic rings. The first-order chi connectivity index (χ1) is 4.18. The van der Waals surface area contributed by atoms with E-state index >= 15 is 0 Å². The Labute approximate surface area is 109 Å². The van der Waals surface area contributed by atoms with Crippen molar-refractivity contribution in [3.63, 3.8) is 0 Å². The molecule has 54 valence electrons. The van der Waals surface area contributed by atoms with Gasteiger partial charge in [0.1, 0.15) is 0 Å². The summed E-state index contributed by atoms with van der Waals surface area (Å²) in [5.74, 6) is -0.516. The van der Waals surface area contributed by atoms with Crippen molar-refractivity contribution < 1.29 is 61.3 Å². The maximum atomic E-state index is 9.94. The van der Waals surface area contributed by atoms with Crippen molar-refractivity contribution in [3.05, 3.63) is 0 Å². The van der Waals surface area contributed by atoms with Gasteiger partial charge in [0.05, 0.1) is 5.97 Å². The van der Waals surface area contributed by atoms with Gasteiger partial charge >= 0.3 is 51.4 Å². The fourth-order valence-corrected chi connectivity index (χ4v) is 0.612. The normalized spacial score (nSPS) is 11.8. The first-order valence-corrected chi connectivity index (χ1v) is 3.39. The van der Waals surface area contributed by atoms with Crippen LogP contribution in [0.4, 0.5) is 0 Å². The molecule has 0 spiro atoms. The number of rotatable bonds is 4. The average molecular weight is 187 g/mol. The van der Waals surface area contributed by atoms with Crippen LogP contribution >= 0.6 is 12.6 Å². The molecule has 0 saturated heterocycles. The third kappa shape index (κ3) is 7.52. The minimum Gasteiger partial charge on any atom is -0.548 e. The van der Waals surface area contributed by atoms with Gasteiger partial charge in [-0.1, -0.05) is 0 Å². The molecule has 0 aromatic rings. The van der Waals surface area contributed by atoms with Crippen molar-refractivity contribution in [1.29, 1.82) is 0 Å². The van der Waals surface area contributed by atoms with E-state index in [-0.39, 0.29) is 51.4 Å². The Bertz CT molecular complexity index is 102. The van der Waals surface area contributed by atoms with Gasteiger partial charge in [-0.3, -0.25) is 0 Å². The maximum Gasteiger partial charge on any atom is 1.00 e. The zero-order chi connectivity index (χ0) is 7.28. The number of carboxylic acid groups (broad SMARTS) is 1. The van der Waals surface area contributed by atoms with Crippen molar-refractivity contribution in [2.24, 2.45) is 5.73 Å². The molecule has 0 radical (unpaired) electrons.